The molecule has 0 amide bonds. The Morgan fingerprint density at radius 1 is 1.20 bits per heavy atom. The van der Waals surface area contributed by atoms with E-state index in [1.165, 1.54) is 11.1 Å². The number of fused-ring (bicyclic) bond motifs is 1. The average molecular weight is 440 g/mol. The molecule has 2 unspecified atom stereocenters. The molecule has 30 heavy (non-hydrogen) atoms. The molecule has 0 radical (unpaired) electrons. The van der Waals surface area contributed by atoms with Gasteiger partial charge < -0.3 is 19.4 Å². The maximum atomic E-state index is 11.2. The minimum absolute atomic E-state index is 0. The Bertz CT molecular complexity index is 923. The third-order valence-electron chi connectivity index (χ3n) is 4.57. The summed E-state index contributed by atoms with van der Waals surface area (Å²) in [4.78, 5) is 11.2. The van der Waals surface area contributed by atoms with Gasteiger partial charge in [-0.1, -0.05) is 26.2 Å². The van der Waals surface area contributed by atoms with Gasteiger partial charge in [0.2, 0.25) is 0 Å². The van der Waals surface area contributed by atoms with Gasteiger partial charge in [-0.3, -0.25) is 4.21 Å². The van der Waals surface area contributed by atoms with E-state index >= 15 is 0 Å². The van der Waals surface area contributed by atoms with Crippen LogP contribution in [0.5, 0.6) is 5.75 Å². The fraction of sp³-hybridized carbons (Fsp3) is 0.455. The maximum Gasteiger partial charge on any atom is 1.00 e. The van der Waals surface area contributed by atoms with E-state index in [9.17, 15) is 4.21 Å². The van der Waals surface area contributed by atoms with Gasteiger partial charge in [0, 0.05) is 12.0 Å². The number of rotatable bonds is 7. The number of benzene rings is 1. The molecule has 0 fully saturated rings. The van der Waals surface area contributed by atoms with E-state index in [2.05, 4.69) is 41.9 Å². The largest absolute Gasteiger partial charge is 1.00 e. The van der Waals surface area contributed by atoms with Gasteiger partial charge in [0.15, 0.2) is 5.16 Å². The summed E-state index contributed by atoms with van der Waals surface area (Å²) in [5.74, 6) is 0.831. The molecule has 0 spiro atoms. The second-order valence-electron chi connectivity index (χ2n) is 6.93. The molecule has 2 heterocycles. The third kappa shape index (κ3) is 8.12. The fourth-order valence-electron chi connectivity index (χ4n) is 2.48. The second kappa shape index (κ2) is 13.2. The van der Waals surface area contributed by atoms with Crippen LogP contribution in [0, 0.1) is 27.0 Å². The summed E-state index contributed by atoms with van der Waals surface area (Å²) in [7, 11) is -1.04. The van der Waals surface area contributed by atoms with Gasteiger partial charge in [0.1, 0.15) is 0 Å². The summed E-state index contributed by atoms with van der Waals surface area (Å²) in [6.07, 6.45) is 7.48. The van der Waals surface area contributed by atoms with Crippen LogP contribution in [-0.4, -0.2) is 44.7 Å². The van der Waals surface area contributed by atoms with E-state index in [1.807, 2.05) is 32.0 Å². The Kier molecular flexibility index (Phi) is 11.8. The summed E-state index contributed by atoms with van der Waals surface area (Å²) in [5, 5.41) is 0.546. The first kappa shape index (κ1) is 26.8. The molecule has 0 aliphatic heterocycles. The van der Waals surface area contributed by atoms with Gasteiger partial charge in [0.05, 0.1) is 41.2 Å². The van der Waals surface area contributed by atoms with Gasteiger partial charge in [-0.2, -0.15) is 0 Å². The maximum absolute atomic E-state index is 11.2. The predicted octanol–water partition coefficient (Wildman–Crippen LogP) is 1.31. The van der Waals surface area contributed by atoms with Gasteiger partial charge in [-0.15, -0.1) is 11.6 Å². The van der Waals surface area contributed by atoms with Crippen LogP contribution in [0.4, 0.5) is 0 Å². The Morgan fingerprint density at radius 3 is 2.53 bits per heavy atom. The van der Waals surface area contributed by atoms with Crippen LogP contribution >= 0.6 is 0 Å². The normalized spacial score (nSPS) is 12.5. The summed E-state index contributed by atoms with van der Waals surface area (Å²) in [5.41, 5.74) is 5.20. The van der Waals surface area contributed by atoms with Crippen molar-refractivity contribution in [3.05, 3.63) is 47.3 Å². The number of pyridine rings is 1. The van der Waals surface area contributed by atoms with Crippen LogP contribution in [0.15, 0.2) is 29.6 Å². The standard InChI is InChI=1S/C12H18NO2.C10H12N2OS.Na/c1-4-11(3)14-7-8-15-12-5-6-13-9-10(12)2;1-6-4-8-9(5-7(6)2)12-10(11-8)14(3)13;/h5-6,11H,4,7-8H2,1-3H3;4-5H,1-3H3,(H,11,12);/q-1;;+1. The molecule has 0 aliphatic carbocycles. The number of imidazole rings is 1. The second-order valence-corrected chi connectivity index (χ2v) is 8.23. The number of nitrogens with zero attached hydrogens (tertiary/aromatic N) is 2. The van der Waals surface area contributed by atoms with Gasteiger partial charge in [-0.25, -0.2) is 4.98 Å². The van der Waals surface area contributed by atoms with Crippen LogP contribution in [0.3, 0.4) is 0 Å². The Morgan fingerprint density at radius 2 is 1.90 bits per heavy atom. The number of aryl methyl sites for hydroxylation is 3. The number of aromatic nitrogens is 3. The molecule has 2 aromatic heterocycles. The molecule has 0 saturated heterocycles. The smallest absolute Gasteiger partial charge is 0.548 e. The van der Waals surface area contributed by atoms with Crippen molar-refractivity contribution in [2.75, 3.05) is 19.5 Å². The zero-order chi connectivity index (χ0) is 21.4. The van der Waals surface area contributed by atoms with Crippen LogP contribution in [-0.2, 0) is 15.5 Å². The topological polar surface area (TPSA) is 77.1 Å². The minimum Gasteiger partial charge on any atom is -0.548 e. The van der Waals surface area contributed by atoms with Crippen molar-refractivity contribution in [3.63, 3.8) is 0 Å². The van der Waals surface area contributed by atoms with Gasteiger partial charge >= 0.3 is 29.6 Å². The van der Waals surface area contributed by atoms with E-state index in [-0.39, 0.29) is 29.6 Å². The average Bonchev–Trinajstić information content (AvgIpc) is 3.10. The molecule has 0 bridgehead atoms. The molecule has 8 heteroatoms. The molecule has 0 saturated carbocycles. The zero-order valence-electron chi connectivity index (χ0n) is 19.0. The summed E-state index contributed by atoms with van der Waals surface area (Å²) >= 11 is 0. The molecule has 0 aliphatic rings. The number of hydrogen-bond donors (Lipinski definition) is 1. The number of H-pyrrole nitrogens is 1. The predicted molar refractivity (Wildman–Crippen MR) is 117 cm³/mol. The van der Waals surface area contributed by atoms with E-state index in [1.54, 1.807) is 12.5 Å². The van der Waals surface area contributed by atoms with Crippen molar-refractivity contribution in [3.8, 4) is 5.75 Å². The molecule has 3 aromatic rings. The van der Waals surface area contributed by atoms with E-state index in [0.717, 1.165) is 28.8 Å². The number of hydrogen-bond acceptors (Lipinski definition) is 5. The quantitative estimate of drug-likeness (QED) is 0.341. The van der Waals surface area contributed by atoms with E-state index in [4.69, 9.17) is 9.47 Å². The zero-order valence-corrected chi connectivity index (χ0v) is 21.9. The van der Waals surface area contributed by atoms with Crippen molar-refractivity contribution in [2.24, 2.45) is 0 Å². The molecular weight excluding hydrogens is 409 g/mol. The first-order chi connectivity index (χ1) is 13.8. The van der Waals surface area contributed by atoms with Gasteiger partial charge in [-0.05, 0) is 50.5 Å². The minimum atomic E-state index is -1.04. The van der Waals surface area contributed by atoms with Crippen LogP contribution in [0.2, 0.25) is 0 Å². The Hall–Kier alpha value is -1.25. The molecule has 6 nitrogen and oxygen atoms in total. The Labute approximate surface area is 203 Å². The van der Waals surface area contributed by atoms with Crippen LogP contribution in [0.1, 0.15) is 37.0 Å². The van der Waals surface area contributed by atoms with E-state index in [0.29, 0.717) is 24.5 Å². The summed E-state index contributed by atoms with van der Waals surface area (Å²) in [6, 6.07) is 5.89. The molecular formula is C22H30N3NaO3S. The number of ether oxygens (including phenoxy) is 2. The molecule has 2 atom stereocenters. The monoisotopic (exact) mass is 439 g/mol. The summed E-state index contributed by atoms with van der Waals surface area (Å²) in [6.45, 7) is 11.4. The van der Waals surface area contributed by atoms with Crippen molar-refractivity contribution in [2.45, 2.75) is 52.3 Å². The first-order valence-corrected chi connectivity index (χ1v) is 11.3. The van der Waals surface area contributed by atoms with Crippen molar-refractivity contribution in [1.82, 2.24) is 15.0 Å². The number of nitrogens with one attached hydrogen (secondary N) is 1. The third-order valence-corrected chi connectivity index (χ3v) is 5.31. The molecule has 158 valence electrons. The van der Waals surface area contributed by atoms with Crippen molar-refractivity contribution >= 4 is 21.8 Å². The van der Waals surface area contributed by atoms with Crippen molar-refractivity contribution in [1.29, 1.82) is 0 Å². The van der Waals surface area contributed by atoms with E-state index < -0.39 is 10.8 Å². The van der Waals surface area contributed by atoms with Gasteiger partial charge in [0.25, 0.3) is 0 Å². The molecule has 1 aromatic carbocycles. The fourth-order valence-corrected chi connectivity index (χ4v) is 2.96. The number of aromatic amines is 1. The first-order valence-electron chi connectivity index (χ1n) is 9.69. The van der Waals surface area contributed by atoms with Crippen molar-refractivity contribution < 1.29 is 43.2 Å². The Balaban J connectivity index is 0.000000291. The molecule has 3 rings (SSSR count). The van der Waals surface area contributed by atoms with Crippen LogP contribution < -0.4 is 34.3 Å². The van der Waals surface area contributed by atoms with Crippen LogP contribution in [0.25, 0.3) is 11.0 Å². The summed E-state index contributed by atoms with van der Waals surface area (Å²) < 4.78 is 22.2. The molecule has 1 N–H and O–H groups in total. The SMILES string of the molecule is CCC(C)OCCOc1ccn[c-]c1C.Cc1cc2nc(S(C)=O)[nH]c2cc1C.[Na+].